The quantitative estimate of drug-likeness (QED) is 0.554. The Hall–Kier alpha value is 0.177. The molecular weight excluding hydrogens is 176 g/mol. The molecule has 13 heavy (non-hydrogen) atoms. The van der Waals surface area contributed by atoms with Crippen LogP contribution in [0.4, 0.5) is 0 Å². The van der Waals surface area contributed by atoms with E-state index in [2.05, 4.69) is 20.8 Å². The first-order valence-electron chi connectivity index (χ1n) is 5.78. The second kappa shape index (κ2) is 6.60. The maximum absolute atomic E-state index is 11.8. The van der Waals surface area contributed by atoms with Crippen LogP contribution in [0.15, 0.2) is 0 Å². The second-order valence-electron chi connectivity index (χ2n) is 4.25. The van der Waals surface area contributed by atoms with Crippen molar-refractivity contribution in [3.8, 4) is 0 Å². The summed E-state index contributed by atoms with van der Waals surface area (Å²) >= 11 is 0. The molecule has 0 amide bonds. The molecule has 0 N–H and O–H groups in total. The predicted molar refractivity (Wildman–Crippen MR) is 61.2 cm³/mol. The van der Waals surface area contributed by atoms with Gasteiger partial charge in [-0.2, -0.15) is 0 Å². The van der Waals surface area contributed by atoms with Gasteiger partial charge in [0.15, 0.2) is 0 Å². The summed E-state index contributed by atoms with van der Waals surface area (Å²) in [6, 6.07) is 3.75. The zero-order valence-corrected chi connectivity index (χ0v) is 10.7. The molecule has 1 nitrogen and oxygen atoms in total. The number of hydrogen-bond donors (Lipinski definition) is 0. The van der Waals surface area contributed by atoms with Crippen LogP contribution in [0, 0.1) is 0 Å². The molecule has 0 aliphatic carbocycles. The Morgan fingerprint density at radius 2 is 1.23 bits per heavy atom. The summed E-state index contributed by atoms with van der Waals surface area (Å²) in [4.78, 5) is 0. The largest absolute Gasteiger partial charge is 0.237 e. The predicted octanol–water partition coefficient (Wildman–Crippen LogP) is 4.02. The first-order chi connectivity index (χ1) is 6.13. The number of hydrogen-bond acceptors (Lipinski definition) is 0. The van der Waals surface area contributed by atoms with Crippen LogP contribution in [0.1, 0.15) is 47.0 Å². The Morgan fingerprint density at radius 1 is 0.923 bits per heavy atom. The first-order valence-corrected chi connectivity index (χ1v) is 8.48. The molecule has 1 radical (unpaired) electrons. The lowest BCUT2D eigenvalue weighted by molar-refractivity contribution is 0.161. The highest BCUT2D eigenvalue weighted by atomic mass is 28.3. The molecule has 0 bridgehead atoms. The first kappa shape index (κ1) is 13.2. The van der Waals surface area contributed by atoms with Gasteiger partial charge < -0.3 is 0 Å². The van der Waals surface area contributed by atoms with Gasteiger partial charge >= 0.3 is 0 Å². The van der Waals surface area contributed by atoms with Gasteiger partial charge in [0.25, 0.3) is 0 Å². The summed E-state index contributed by atoms with van der Waals surface area (Å²) in [7, 11) is -1.43. The van der Waals surface area contributed by atoms with E-state index in [0.717, 1.165) is 0 Å². The van der Waals surface area contributed by atoms with Gasteiger partial charge in [-0.1, -0.05) is 58.2 Å². The van der Waals surface area contributed by atoms with Crippen molar-refractivity contribution in [2.24, 2.45) is 0 Å². The lowest BCUT2D eigenvalue weighted by Gasteiger charge is -2.32. The third-order valence-electron chi connectivity index (χ3n) is 3.11. The van der Waals surface area contributed by atoms with Crippen molar-refractivity contribution in [2.75, 3.05) is 0 Å². The van der Waals surface area contributed by atoms with Gasteiger partial charge in [0, 0.05) is 0 Å². The maximum atomic E-state index is 11.8. The monoisotopic (exact) mass is 201 g/mol. The molecule has 79 valence electrons. The maximum Gasteiger partial charge on any atom is 0.0914 e. The number of rotatable bonds is 7. The van der Waals surface area contributed by atoms with Crippen molar-refractivity contribution in [2.45, 2.75) is 70.8 Å². The standard InChI is InChI=1S/C11H25OSi/c1-5-8-13(9-6-2,10-7-3)11(4)12/h11H,5-10H2,1-4H3. The normalized spacial score (nSPS) is 14.5. The Balaban J connectivity index is 4.38. The van der Waals surface area contributed by atoms with E-state index in [0.29, 0.717) is 0 Å². The molecule has 0 aromatic heterocycles. The van der Waals surface area contributed by atoms with Crippen LogP contribution in [0.3, 0.4) is 0 Å². The van der Waals surface area contributed by atoms with Crippen LogP contribution in [0.5, 0.6) is 0 Å². The zero-order valence-electron chi connectivity index (χ0n) is 9.73. The van der Waals surface area contributed by atoms with Crippen LogP contribution in [-0.4, -0.2) is 13.8 Å². The van der Waals surface area contributed by atoms with Gasteiger partial charge in [-0.3, -0.25) is 0 Å². The molecule has 1 atom stereocenters. The van der Waals surface area contributed by atoms with E-state index in [1.807, 2.05) is 6.92 Å². The highest BCUT2D eigenvalue weighted by Gasteiger charge is 2.36. The summed E-state index contributed by atoms with van der Waals surface area (Å²) in [5.74, 6) is 0. The topological polar surface area (TPSA) is 19.9 Å². The minimum absolute atomic E-state index is 0.257. The van der Waals surface area contributed by atoms with Crippen molar-refractivity contribution in [3.05, 3.63) is 0 Å². The second-order valence-corrected chi connectivity index (χ2v) is 9.29. The van der Waals surface area contributed by atoms with Crippen LogP contribution in [0.25, 0.3) is 0 Å². The van der Waals surface area contributed by atoms with Crippen LogP contribution >= 0.6 is 0 Å². The molecule has 0 aromatic carbocycles. The highest BCUT2D eigenvalue weighted by molar-refractivity contribution is 6.80. The van der Waals surface area contributed by atoms with E-state index in [9.17, 15) is 5.11 Å². The van der Waals surface area contributed by atoms with E-state index in [1.54, 1.807) is 0 Å². The summed E-state index contributed by atoms with van der Waals surface area (Å²) in [6.45, 7) is 8.56. The lowest BCUT2D eigenvalue weighted by atomic mass is 10.5. The van der Waals surface area contributed by atoms with Gasteiger partial charge in [-0.25, -0.2) is 5.11 Å². The van der Waals surface area contributed by atoms with Crippen LogP contribution < -0.4 is 0 Å². The van der Waals surface area contributed by atoms with Gasteiger partial charge in [0.2, 0.25) is 0 Å². The molecule has 0 aliphatic heterocycles. The van der Waals surface area contributed by atoms with Crippen molar-refractivity contribution in [3.63, 3.8) is 0 Å². The molecule has 0 aromatic rings. The summed E-state index contributed by atoms with van der Waals surface area (Å²) in [5.41, 5.74) is -0.257. The Bertz CT molecular complexity index is 106. The fourth-order valence-electron chi connectivity index (χ4n) is 2.48. The van der Waals surface area contributed by atoms with Crippen molar-refractivity contribution in [1.29, 1.82) is 0 Å². The van der Waals surface area contributed by atoms with E-state index < -0.39 is 8.07 Å². The fraction of sp³-hybridized carbons (Fsp3) is 1.00. The van der Waals surface area contributed by atoms with Crippen molar-refractivity contribution < 1.29 is 5.11 Å². The fourth-order valence-corrected chi connectivity index (χ4v) is 7.44. The molecule has 1 unspecified atom stereocenters. The molecule has 0 heterocycles. The molecule has 0 saturated heterocycles. The van der Waals surface area contributed by atoms with Gasteiger partial charge in [-0.15, -0.1) is 0 Å². The van der Waals surface area contributed by atoms with Crippen LogP contribution in [-0.2, 0) is 5.11 Å². The Kier molecular flexibility index (Phi) is 6.69. The summed E-state index contributed by atoms with van der Waals surface area (Å²) < 4.78 is 0. The highest BCUT2D eigenvalue weighted by Crippen LogP contribution is 2.29. The van der Waals surface area contributed by atoms with E-state index in [1.165, 1.54) is 37.4 Å². The molecule has 0 rings (SSSR count). The molecular formula is C11H25OSi. The third kappa shape index (κ3) is 3.82. The van der Waals surface area contributed by atoms with Gasteiger partial charge in [0.05, 0.1) is 13.8 Å². The van der Waals surface area contributed by atoms with Crippen molar-refractivity contribution in [1.82, 2.24) is 0 Å². The van der Waals surface area contributed by atoms with Crippen LogP contribution in [0.2, 0.25) is 18.1 Å². The minimum Gasteiger partial charge on any atom is -0.237 e. The Labute approximate surface area is 84.6 Å². The average Bonchev–Trinajstić information content (AvgIpc) is 2.05. The molecule has 0 saturated carbocycles. The molecule has 0 fully saturated rings. The molecule has 0 aliphatic rings. The summed E-state index contributed by atoms with van der Waals surface area (Å²) in [5, 5.41) is 11.8. The third-order valence-corrected chi connectivity index (χ3v) is 9.32. The average molecular weight is 201 g/mol. The van der Waals surface area contributed by atoms with Gasteiger partial charge in [0.1, 0.15) is 0 Å². The molecule has 0 spiro atoms. The lowest BCUT2D eigenvalue weighted by Crippen LogP contribution is -2.44. The Morgan fingerprint density at radius 3 is 1.38 bits per heavy atom. The van der Waals surface area contributed by atoms with E-state index >= 15 is 0 Å². The SMILES string of the molecule is CCC[Si](CCC)(CCC)C(C)[O]. The van der Waals surface area contributed by atoms with Crippen molar-refractivity contribution >= 4 is 8.07 Å². The minimum atomic E-state index is -1.43. The van der Waals surface area contributed by atoms with E-state index in [4.69, 9.17) is 0 Å². The zero-order chi connectivity index (χ0) is 10.3. The van der Waals surface area contributed by atoms with Gasteiger partial charge in [-0.05, 0) is 6.92 Å². The molecule has 2 heteroatoms. The smallest absolute Gasteiger partial charge is 0.0914 e. The summed E-state index contributed by atoms with van der Waals surface area (Å²) in [6.07, 6.45) is 3.62. The van der Waals surface area contributed by atoms with E-state index in [-0.39, 0.29) is 5.73 Å².